The number of carbonyl (C=O) groups is 2. The van der Waals surface area contributed by atoms with Gasteiger partial charge in [-0.25, -0.2) is 0 Å². The van der Waals surface area contributed by atoms with Gasteiger partial charge in [0.05, 0.1) is 11.6 Å². The second-order valence-electron chi connectivity index (χ2n) is 8.53. The van der Waals surface area contributed by atoms with E-state index < -0.39 is 17.7 Å². The standard InChI is InChI=1S/C27H28N2O3/c1-18-10-4-6-13-20(18)24-23(26(31)27(32)29(24)17-9-16-28(2)3)25(30)22-15-8-12-19-11-5-7-14-21(19)22/h4-8,10-15,24,30H,9,16-17H2,1-3H3/b25-23+. The number of rotatable bonds is 6. The summed E-state index contributed by atoms with van der Waals surface area (Å²) in [5.41, 5.74) is 2.55. The van der Waals surface area contributed by atoms with Crippen LogP contribution >= 0.6 is 0 Å². The fourth-order valence-electron chi connectivity index (χ4n) is 4.46. The van der Waals surface area contributed by atoms with Crippen molar-refractivity contribution in [2.75, 3.05) is 27.2 Å². The van der Waals surface area contributed by atoms with Crippen LogP contribution in [0.2, 0.25) is 0 Å². The highest BCUT2D eigenvalue weighted by Gasteiger charge is 2.46. The lowest BCUT2D eigenvalue weighted by Gasteiger charge is -2.27. The molecular weight excluding hydrogens is 400 g/mol. The molecule has 0 bridgehead atoms. The number of benzene rings is 3. The Morgan fingerprint density at radius 3 is 2.41 bits per heavy atom. The maximum atomic E-state index is 13.2. The van der Waals surface area contributed by atoms with Gasteiger partial charge in [0.1, 0.15) is 5.76 Å². The minimum Gasteiger partial charge on any atom is -0.507 e. The number of likely N-dealkylation sites (tertiary alicyclic amines) is 1. The van der Waals surface area contributed by atoms with E-state index >= 15 is 0 Å². The SMILES string of the molecule is Cc1ccccc1C1/C(=C(\O)c2cccc3ccccc23)C(=O)C(=O)N1CCCN(C)C. The maximum Gasteiger partial charge on any atom is 0.295 e. The molecule has 32 heavy (non-hydrogen) atoms. The predicted molar refractivity (Wildman–Crippen MR) is 127 cm³/mol. The van der Waals surface area contributed by atoms with Crippen molar-refractivity contribution < 1.29 is 14.7 Å². The van der Waals surface area contributed by atoms with Crippen LogP contribution in [0.3, 0.4) is 0 Å². The molecule has 1 N–H and O–H groups in total. The molecule has 3 aromatic rings. The summed E-state index contributed by atoms with van der Waals surface area (Å²) in [5.74, 6) is -1.31. The van der Waals surface area contributed by atoms with Crippen LogP contribution in [0.5, 0.6) is 0 Å². The van der Waals surface area contributed by atoms with Crippen LogP contribution in [0.1, 0.15) is 29.2 Å². The van der Waals surface area contributed by atoms with Crippen LogP contribution in [0, 0.1) is 6.92 Å². The number of Topliss-reactive ketones (excluding diaryl/α,β-unsaturated/α-hetero) is 1. The number of hydrogen-bond acceptors (Lipinski definition) is 4. The van der Waals surface area contributed by atoms with E-state index in [1.807, 2.05) is 81.7 Å². The lowest BCUT2D eigenvalue weighted by molar-refractivity contribution is -0.139. The van der Waals surface area contributed by atoms with Crippen LogP contribution in [-0.2, 0) is 9.59 Å². The molecule has 5 heteroatoms. The van der Waals surface area contributed by atoms with Crippen LogP contribution in [0.15, 0.2) is 72.3 Å². The molecule has 1 amide bonds. The Kier molecular flexibility index (Phi) is 6.10. The van der Waals surface area contributed by atoms with Gasteiger partial charge in [-0.1, -0.05) is 66.7 Å². The molecule has 0 aliphatic carbocycles. The maximum absolute atomic E-state index is 13.2. The third-order valence-electron chi connectivity index (χ3n) is 6.07. The smallest absolute Gasteiger partial charge is 0.295 e. The van der Waals surface area contributed by atoms with E-state index in [9.17, 15) is 14.7 Å². The summed E-state index contributed by atoms with van der Waals surface area (Å²) in [7, 11) is 3.96. The molecule has 0 aromatic heterocycles. The molecule has 164 valence electrons. The molecule has 4 rings (SSSR count). The van der Waals surface area contributed by atoms with Gasteiger partial charge in [-0.2, -0.15) is 0 Å². The van der Waals surface area contributed by atoms with E-state index in [-0.39, 0.29) is 11.3 Å². The fraction of sp³-hybridized carbons (Fsp3) is 0.259. The Morgan fingerprint density at radius 1 is 0.969 bits per heavy atom. The molecule has 0 saturated carbocycles. The molecule has 0 spiro atoms. The van der Waals surface area contributed by atoms with Crippen LogP contribution in [-0.4, -0.2) is 53.8 Å². The van der Waals surface area contributed by atoms with Crippen molar-refractivity contribution in [2.45, 2.75) is 19.4 Å². The van der Waals surface area contributed by atoms with Crippen molar-refractivity contribution in [3.05, 3.63) is 89.0 Å². The zero-order valence-electron chi connectivity index (χ0n) is 18.7. The summed E-state index contributed by atoms with van der Waals surface area (Å²) in [6.45, 7) is 3.20. The van der Waals surface area contributed by atoms with Gasteiger partial charge >= 0.3 is 0 Å². The Labute approximate surface area is 188 Å². The number of ketones is 1. The minimum atomic E-state index is -0.631. The van der Waals surface area contributed by atoms with Crippen molar-refractivity contribution in [1.29, 1.82) is 0 Å². The van der Waals surface area contributed by atoms with Gasteiger partial charge in [0.2, 0.25) is 0 Å². The second-order valence-corrected chi connectivity index (χ2v) is 8.53. The summed E-state index contributed by atoms with van der Waals surface area (Å²) in [4.78, 5) is 30.0. The lowest BCUT2D eigenvalue weighted by Crippen LogP contribution is -2.32. The van der Waals surface area contributed by atoms with Crippen molar-refractivity contribution in [1.82, 2.24) is 9.80 Å². The number of aryl methyl sites for hydroxylation is 1. The van der Waals surface area contributed by atoms with Crippen molar-refractivity contribution in [2.24, 2.45) is 0 Å². The molecule has 1 aliphatic heterocycles. The molecular formula is C27H28N2O3. The number of amides is 1. The summed E-state index contributed by atoms with van der Waals surface area (Å²) in [6, 6.07) is 20.4. The zero-order chi connectivity index (χ0) is 22.8. The highest BCUT2D eigenvalue weighted by Crippen LogP contribution is 2.41. The summed E-state index contributed by atoms with van der Waals surface area (Å²) >= 11 is 0. The molecule has 1 atom stereocenters. The highest BCUT2D eigenvalue weighted by molar-refractivity contribution is 6.46. The first kappa shape index (κ1) is 21.8. The molecule has 1 unspecified atom stereocenters. The zero-order valence-corrected chi connectivity index (χ0v) is 18.7. The van der Waals surface area contributed by atoms with Crippen LogP contribution in [0.4, 0.5) is 0 Å². The van der Waals surface area contributed by atoms with Gasteiger partial charge in [-0.15, -0.1) is 0 Å². The average molecular weight is 429 g/mol. The molecule has 5 nitrogen and oxygen atoms in total. The number of fused-ring (bicyclic) bond motifs is 1. The van der Waals surface area contributed by atoms with E-state index in [4.69, 9.17) is 0 Å². The van der Waals surface area contributed by atoms with E-state index in [1.165, 1.54) is 0 Å². The number of aliphatic hydroxyl groups excluding tert-OH is 1. The van der Waals surface area contributed by atoms with Gasteiger partial charge < -0.3 is 14.9 Å². The van der Waals surface area contributed by atoms with E-state index in [0.29, 0.717) is 12.1 Å². The third-order valence-corrected chi connectivity index (χ3v) is 6.07. The lowest BCUT2D eigenvalue weighted by atomic mass is 9.91. The molecule has 0 radical (unpaired) electrons. The van der Waals surface area contributed by atoms with Crippen molar-refractivity contribution in [3.8, 4) is 0 Å². The minimum absolute atomic E-state index is 0.122. The van der Waals surface area contributed by atoms with Crippen LogP contribution < -0.4 is 0 Å². The van der Waals surface area contributed by atoms with E-state index in [2.05, 4.69) is 4.90 Å². The van der Waals surface area contributed by atoms with Gasteiger partial charge in [-0.3, -0.25) is 9.59 Å². The fourth-order valence-corrected chi connectivity index (χ4v) is 4.46. The Hall–Kier alpha value is -3.44. The molecule has 1 heterocycles. The van der Waals surface area contributed by atoms with Gasteiger partial charge in [0.15, 0.2) is 0 Å². The number of hydrogen-bond donors (Lipinski definition) is 1. The van der Waals surface area contributed by atoms with Gasteiger partial charge in [0, 0.05) is 12.1 Å². The monoisotopic (exact) mass is 428 g/mol. The molecule has 1 fully saturated rings. The van der Waals surface area contributed by atoms with Gasteiger partial charge in [-0.05, 0) is 55.9 Å². The van der Waals surface area contributed by atoms with Crippen molar-refractivity contribution in [3.63, 3.8) is 0 Å². The highest BCUT2D eigenvalue weighted by atomic mass is 16.3. The summed E-state index contributed by atoms with van der Waals surface area (Å²) in [5, 5.41) is 13.2. The average Bonchev–Trinajstić information content (AvgIpc) is 3.03. The van der Waals surface area contributed by atoms with Crippen molar-refractivity contribution >= 4 is 28.2 Å². The third kappa shape index (κ3) is 3.92. The first-order valence-electron chi connectivity index (χ1n) is 10.9. The first-order valence-corrected chi connectivity index (χ1v) is 10.9. The Balaban J connectivity index is 1.89. The number of aliphatic hydroxyl groups is 1. The normalized spacial score (nSPS) is 18.1. The largest absolute Gasteiger partial charge is 0.507 e. The second kappa shape index (κ2) is 8.97. The Morgan fingerprint density at radius 2 is 1.66 bits per heavy atom. The quantitative estimate of drug-likeness (QED) is 0.356. The summed E-state index contributed by atoms with van der Waals surface area (Å²) in [6.07, 6.45) is 0.733. The topological polar surface area (TPSA) is 60.9 Å². The van der Waals surface area contributed by atoms with Gasteiger partial charge in [0.25, 0.3) is 11.7 Å². The number of nitrogens with zero attached hydrogens (tertiary/aromatic N) is 2. The molecule has 1 saturated heterocycles. The Bertz CT molecular complexity index is 1210. The molecule has 3 aromatic carbocycles. The van der Waals surface area contributed by atoms with E-state index in [0.717, 1.165) is 34.9 Å². The molecule has 1 aliphatic rings. The van der Waals surface area contributed by atoms with Crippen LogP contribution in [0.25, 0.3) is 16.5 Å². The predicted octanol–water partition coefficient (Wildman–Crippen LogP) is 4.52. The summed E-state index contributed by atoms with van der Waals surface area (Å²) < 4.78 is 0. The van der Waals surface area contributed by atoms with E-state index in [1.54, 1.807) is 11.0 Å². The first-order chi connectivity index (χ1) is 15.4. The number of carbonyl (C=O) groups excluding carboxylic acids is 2.